The highest BCUT2D eigenvalue weighted by atomic mass is 32.2. The number of sulfonamides is 1. The lowest BCUT2D eigenvalue weighted by molar-refractivity contribution is 0.254. The number of nitrogens with one attached hydrogen (secondary N) is 1. The maximum atomic E-state index is 11.5. The van der Waals surface area contributed by atoms with Gasteiger partial charge in [-0.25, -0.2) is 13.6 Å². The van der Waals surface area contributed by atoms with Crippen molar-refractivity contribution in [2.45, 2.75) is 50.5 Å². The van der Waals surface area contributed by atoms with Gasteiger partial charge in [-0.1, -0.05) is 26.7 Å². The molecule has 2 atom stereocenters. The van der Waals surface area contributed by atoms with Crippen molar-refractivity contribution < 1.29 is 8.42 Å². The van der Waals surface area contributed by atoms with E-state index in [0.717, 1.165) is 6.42 Å². The Balaban J connectivity index is 2.25. The molecule has 0 amide bonds. The first-order valence-electron chi connectivity index (χ1n) is 7.48. The van der Waals surface area contributed by atoms with Crippen molar-refractivity contribution in [3.8, 4) is 0 Å². The van der Waals surface area contributed by atoms with Crippen LogP contribution in [0.15, 0.2) is 23.1 Å². The Bertz CT molecular complexity index is 599. The van der Waals surface area contributed by atoms with Crippen LogP contribution >= 0.6 is 0 Å². The molecule has 0 radical (unpaired) electrons. The van der Waals surface area contributed by atoms with E-state index in [1.54, 1.807) is 6.07 Å². The van der Waals surface area contributed by atoms with E-state index in [4.69, 9.17) is 10.9 Å². The third-order valence-corrected chi connectivity index (χ3v) is 5.28. The molecule has 1 aromatic rings. The van der Waals surface area contributed by atoms with Crippen LogP contribution in [-0.4, -0.2) is 14.5 Å². The van der Waals surface area contributed by atoms with E-state index < -0.39 is 10.0 Å². The topological polar surface area (TPSA) is 98.2 Å². The van der Waals surface area contributed by atoms with E-state index in [-0.39, 0.29) is 4.90 Å². The van der Waals surface area contributed by atoms with Crippen molar-refractivity contribution in [3.05, 3.63) is 18.2 Å². The van der Waals surface area contributed by atoms with E-state index in [9.17, 15) is 8.42 Å². The molecular weight excluding hydrogens is 286 g/mol. The number of rotatable bonds is 4. The number of anilines is 2. The molecule has 0 aliphatic heterocycles. The molecule has 1 saturated carbocycles. The molecule has 1 aliphatic rings. The van der Waals surface area contributed by atoms with Crippen LogP contribution in [0.3, 0.4) is 0 Å². The quantitative estimate of drug-likeness (QED) is 0.744. The number of benzene rings is 1. The van der Waals surface area contributed by atoms with Gasteiger partial charge in [0.05, 0.1) is 16.3 Å². The Labute approximate surface area is 127 Å². The molecule has 6 heteroatoms. The lowest BCUT2D eigenvalue weighted by atomic mass is 9.78. The summed E-state index contributed by atoms with van der Waals surface area (Å²) in [7, 11) is -3.71. The second-order valence-corrected chi connectivity index (χ2v) is 7.80. The fourth-order valence-corrected chi connectivity index (χ4v) is 3.71. The molecule has 0 saturated heterocycles. The molecule has 0 bridgehead atoms. The fraction of sp³-hybridized carbons (Fsp3) is 0.600. The second-order valence-electron chi connectivity index (χ2n) is 6.24. The zero-order valence-corrected chi connectivity index (χ0v) is 13.5. The van der Waals surface area contributed by atoms with Gasteiger partial charge in [0.1, 0.15) is 0 Å². The Morgan fingerprint density at radius 1 is 1.24 bits per heavy atom. The molecule has 21 heavy (non-hydrogen) atoms. The molecule has 5 N–H and O–H groups in total. The molecule has 118 valence electrons. The first-order chi connectivity index (χ1) is 9.79. The predicted octanol–water partition coefficient (Wildman–Crippen LogP) is 2.54. The minimum Gasteiger partial charge on any atom is -0.397 e. The summed E-state index contributed by atoms with van der Waals surface area (Å²) in [5.41, 5.74) is 7.19. The van der Waals surface area contributed by atoms with Crippen LogP contribution in [0.2, 0.25) is 0 Å². The van der Waals surface area contributed by atoms with Gasteiger partial charge in [-0.2, -0.15) is 0 Å². The van der Waals surface area contributed by atoms with Crippen molar-refractivity contribution in [1.29, 1.82) is 0 Å². The number of hydrogen-bond donors (Lipinski definition) is 3. The van der Waals surface area contributed by atoms with Crippen LogP contribution in [-0.2, 0) is 10.0 Å². The van der Waals surface area contributed by atoms with E-state index in [0.29, 0.717) is 29.3 Å². The third kappa shape index (κ3) is 3.89. The zero-order chi connectivity index (χ0) is 15.6. The van der Waals surface area contributed by atoms with Crippen LogP contribution in [0.4, 0.5) is 11.4 Å². The van der Waals surface area contributed by atoms with Crippen molar-refractivity contribution in [3.63, 3.8) is 0 Å². The lowest BCUT2D eigenvalue weighted by Crippen LogP contribution is -2.35. The summed E-state index contributed by atoms with van der Waals surface area (Å²) in [6, 6.07) is 4.90. The summed E-state index contributed by atoms with van der Waals surface area (Å²) in [5.74, 6) is 1.17. The molecule has 2 rings (SSSR count). The van der Waals surface area contributed by atoms with Crippen LogP contribution in [0.25, 0.3) is 0 Å². The van der Waals surface area contributed by atoms with Gasteiger partial charge in [-0.15, -0.1) is 0 Å². The summed E-state index contributed by atoms with van der Waals surface area (Å²) in [4.78, 5) is 0.0936. The summed E-state index contributed by atoms with van der Waals surface area (Å²) in [6.07, 6.45) is 4.73. The Morgan fingerprint density at radius 2 is 1.90 bits per heavy atom. The second kappa shape index (κ2) is 6.23. The van der Waals surface area contributed by atoms with Gasteiger partial charge in [0.15, 0.2) is 0 Å². The van der Waals surface area contributed by atoms with Gasteiger partial charge in [-0.3, -0.25) is 0 Å². The Kier molecular flexibility index (Phi) is 4.78. The molecular formula is C15H25N3O2S. The fourth-order valence-electron chi connectivity index (χ4n) is 3.17. The Morgan fingerprint density at radius 3 is 2.52 bits per heavy atom. The van der Waals surface area contributed by atoms with Crippen molar-refractivity contribution in [2.24, 2.45) is 17.0 Å². The number of nitrogens with two attached hydrogens (primary N) is 2. The molecule has 2 unspecified atom stereocenters. The largest absolute Gasteiger partial charge is 0.397 e. The van der Waals surface area contributed by atoms with Gasteiger partial charge >= 0.3 is 0 Å². The molecule has 5 nitrogen and oxygen atoms in total. The van der Waals surface area contributed by atoms with Crippen LogP contribution in [0.1, 0.15) is 39.5 Å². The highest BCUT2D eigenvalue weighted by Crippen LogP contribution is 2.34. The van der Waals surface area contributed by atoms with E-state index >= 15 is 0 Å². The minimum atomic E-state index is -3.71. The van der Waals surface area contributed by atoms with Gasteiger partial charge < -0.3 is 11.1 Å². The van der Waals surface area contributed by atoms with E-state index in [1.807, 2.05) is 0 Å². The first kappa shape index (κ1) is 16.1. The molecule has 0 spiro atoms. The van der Waals surface area contributed by atoms with Gasteiger partial charge in [0.2, 0.25) is 10.0 Å². The van der Waals surface area contributed by atoms with Crippen LogP contribution in [0, 0.1) is 11.8 Å². The molecule has 1 fully saturated rings. The average Bonchev–Trinajstić information content (AvgIpc) is 2.40. The average molecular weight is 311 g/mol. The van der Waals surface area contributed by atoms with E-state index in [1.165, 1.54) is 31.4 Å². The van der Waals surface area contributed by atoms with Crippen LogP contribution < -0.4 is 16.2 Å². The summed E-state index contributed by atoms with van der Waals surface area (Å²) >= 11 is 0. The summed E-state index contributed by atoms with van der Waals surface area (Å²) < 4.78 is 22.9. The van der Waals surface area contributed by atoms with Gasteiger partial charge in [0, 0.05) is 6.04 Å². The third-order valence-electron chi connectivity index (χ3n) is 4.37. The maximum absolute atomic E-state index is 11.5. The van der Waals surface area contributed by atoms with Crippen molar-refractivity contribution in [1.82, 2.24) is 0 Å². The summed E-state index contributed by atoms with van der Waals surface area (Å²) in [5, 5.41) is 8.64. The molecule has 0 heterocycles. The Hall–Kier alpha value is -1.27. The molecule has 1 aliphatic carbocycles. The smallest absolute Gasteiger partial charge is 0.238 e. The summed E-state index contributed by atoms with van der Waals surface area (Å²) in [6.45, 7) is 4.46. The highest BCUT2D eigenvalue weighted by Gasteiger charge is 2.28. The maximum Gasteiger partial charge on any atom is 0.238 e. The van der Waals surface area contributed by atoms with Crippen molar-refractivity contribution in [2.75, 3.05) is 11.1 Å². The zero-order valence-electron chi connectivity index (χ0n) is 12.7. The number of nitrogen functional groups attached to an aromatic ring is 1. The SMILES string of the molecule is CC(C)C1CCCCC1Nc1cc(S(N)(=O)=O)ccc1N. The standard InChI is InChI=1S/C15H25N3O2S/c1-10(2)12-5-3-4-6-14(12)18-15-9-11(21(17,19)20)7-8-13(15)16/h7-10,12,14,18H,3-6,16H2,1-2H3,(H2,17,19,20). The highest BCUT2D eigenvalue weighted by molar-refractivity contribution is 7.89. The van der Waals surface area contributed by atoms with Crippen molar-refractivity contribution >= 4 is 21.4 Å². The molecule has 1 aromatic carbocycles. The molecule has 0 aromatic heterocycles. The number of hydrogen-bond acceptors (Lipinski definition) is 4. The minimum absolute atomic E-state index is 0.0936. The predicted molar refractivity (Wildman–Crippen MR) is 86.4 cm³/mol. The monoisotopic (exact) mass is 311 g/mol. The van der Waals surface area contributed by atoms with Gasteiger partial charge in [0.25, 0.3) is 0 Å². The van der Waals surface area contributed by atoms with Gasteiger partial charge in [-0.05, 0) is 42.9 Å². The van der Waals surface area contributed by atoms with E-state index in [2.05, 4.69) is 19.2 Å². The lowest BCUT2D eigenvalue weighted by Gasteiger charge is -2.35. The number of primary sulfonamides is 1. The van der Waals surface area contributed by atoms with Crippen LogP contribution in [0.5, 0.6) is 0 Å². The first-order valence-corrected chi connectivity index (χ1v) is 9.02. The normalized spacial score (nSPS) is 23.2.